The molecule has 0 aromatic carbocycles. The highest BCUT2D eigenvalue weighted by Crippen LogP contribution is 2.23. The lowest BCUT2D eigenvalue weighted by Gasteiger charge is -2.06. The Labute approximate surface area is 84.1 Å². The second-order valence-corrected chi connectivity index (χ2v) is 2.78. The van der Waals surface area contributed by atoms with Crippen LogP contribution in [0.15, 0.2) is 6.07 Å². The predicted octanol–water partition coefficient (Wildman–Crippen LogP) is 2.21. The van der Waals surface area contributed by atoms with Crippen molar-refractivity contribution in [2.24, 2.45) is 0 Å². The number of anilines is 1. The van der Waals surface area contributed by atoms with Crippen LogP contribution in [0.2, 0.25) is 0 Å². The van der Waals surface area contributed by atoms with E-state index in [1.165, 1.54) is 0 Å². The quantitative estimate of drug-likeness (QED) is 0.773. The van der Waals surface area contributed by atoms with Gasteiger partial charge in [-0.15, -0.1) is 11.6 Å². The van der Waals surface area contributed by atoms with Crippen molar-refractivity contribution in [3.05, 3.63) is 22.9 Å². The lowest BCUT2D eigenvalue weighted by Crippen LogP contribution is -2.03. The van der Waals surface area contributed by atoms with Gasteiger partial charge in [0.1, 0.15) is 17.6 Å². The van der Waals surface area contributed by atoms with Gasteiger partial charge < -0.3 is 5.73 Å². The Morgan fingerprint density at radius 2 is 2.29 bits per heavy atom. The third-order valence-corrected chi connectivity index (χ3v) is 1.92. The van der Waals surface area contributed by atoms with Crippen molar-refractivity contribution in [1.82, 2.24) is 4.98 Å². The highest BCUT2D eigenvalue weighted by atomic mass is 35.5. The van der Waals surface area contributed by atoms with Gasteiger partial charge in [-0.25, -0.2) is 13.8 Å². The summed E-state index contributed by atoms with van der Waals surface area (Å²) in [5, 5.41) is 8.64. The van der Waals surface area contributed by atoms with Crippen molar-refractivity contribution < 1.29 is 8.78 Å². The van der Waals surface area contributed by atoms with Gasteiger partial charge in [0, 0.05) is 5.88 Å². The molecule has 74 valence electrons. The van der Waals surface area contributed by atoms with Gasteiger partial charge >= 0.3 is 0 Å². The number of rotatable bonds is 2. The molecule has 0 atom stereocenters. The van der Waals surface area contributed by atoms with Crippen LogP contribution in [0.4, 0.5) is 14.6 Å². The molecule has 0 spiro atoms. The van der Waals surface area contributed by atoms with E-state index in [2.05, 4.69) is 4.98 Å². The Bertz CT molecular complexity index is 387. The molecule has 0 aliphatic heterocycles. The van der Waals surface area contributed by atoms with E-state index in [0.717, 1.165) is 6.07 Å². The Hall–Kier alpha value is -1.41. The summed E-state index contributed by atoms with van der Waals surface area (Å²) >= 11 is 5.48. The molecule has 0 amide bonds. The van der Waals surface area contributed by atoms with Gasteiger partial charge in [0.2, 0.25) is 0 Å². The predicted molar refractivity (Wildman–Crippen MR) is 47.9 cm³/mol. The van der Waals surface area contributed by atoms with Gasteiger partial charge in [-0.05, 0) is 11.6 Å². The molecule has 14 heavy (non-hydrogen) atoms. The average Bonchev–Trinajstić information content (AvgIpc) is 2.16. The summed E-state index contributed by atoms with van der Waals surface area (Å²) in [6.07, 6.45) is -2.72. The van der Waals surface area contributed by atoms with Crippen LogP contribution in [0.25, 0.3) is 0 Å². The first-order valence-electron chi connectivity index (χ1n) is 3.63. The van der Waals surface area contributed by atoms with Crippen LogP contribution in [0, 0.1) is 11.3 Å². The molecular formula is C8H6ClF2N3. The molecule has 1 aromatic heterocycles. The van der Waals surface area contributed by atoms with Crippen molar-refractivity contribution in [2.75, 3.05) is 5.73 Å². The number of alkyl halides is 3. The molecule has 2 N–H and O–H groups in total. The van der Waals surface area contributed by atoms with Crippen molar-refractivity contribution in [3.8, 4) is 6.07 Å². The number of hydrogen-bond donors (Lipinski definition) is 1. The number of halogens is 3. The monoisotopic (exact) mass is 217 g/mol. The van der Waals surface area contributed by atoms with E-state index in [-0.39, 0.29) is 22.8 Å². The first-order valence-corrected chi connectivity index (χ1v) is 4.17. The van der Waals surface area contributed by atoms with Gasteiger partial charge in [0.25, 0.3) is 6.43 Å². The Balaban J connectivity index is 3.33. The smallest absolute Gasteiger partial charge is 0.280 e. The van der Waals surface area contributed by atoms with Gasteiger partial charge in [-0.2, -0.15) is 5.26 Å². The minimum atomic E-state index is -2.72. The van der Waals surface area contributed by atoms with Crippen LogP contribution in [-0.2, 0) is 5.88 Å². The summed E-state index contributed by atoms with van der Waals surface area (Å²) in [5.41, 5.74) is 5.19. The van der Waals surface area contributed by atoms with E-state index < -0.39 is 12.1 Å². The van der Waals surface area contributed by atoms with Crippen LogP contribution in [0.3, 0.4) is 0 Å². The molecule has 1 aromatic rings. The van der Waals surface area contributed by atoms with E-state index in [0.29, 0.717) is 0 Å². The van der Waals surface area contributed by atoms with Crippen molar-refractivity contribution in [2.45, 2.75) is 12.3 Å². The molecule has 0 saturated carbocycles. The zero-order valence-corrected chi connectivity index (χ0v) is 7.72. The number of hydrogen-bond acceptors (Lipinski definition) is 3. The number of nitrogen functional groups attached to an aromatic ring is 1. The first-order chi connectivity index (χ1) is 6.60. The zero-order chi connectivity index (χ0) is 10.7. The molecule has 1 heterocycles. The van der Waals surface area contributed by atoms with Gasteiger partial charge in [-0.1, -0.05) is 0 Å². The minimum absolute atomic E-state index is 0.0463. The van der Waals surface area contributed by atoms with E-state index in [9.17, 15) is 8.78 Å². The summed E-state index contributed by atoms with van der Waals surface area (Å²) < 4.78 is 24.5. The van der Waals surface area contributed by atoms with Crippen molar-refractivity contribution >= 4 is 17.4 Å². The number of nitrogens with two attached hydrogens (primary N) is 1. The van der Waals surface area contributed by atoms with E-state index in [1.807, 2.05) is 0 Å². The van der Waals surface area contributed by atoms with Gasteiger partial charge in [-0.3, -0.25) is 0 Å². The van der Waals surface area contributed by atoms with Gasteiger partial charge in [0.05, 0.1) is 5.56 Å². The maximum absolute atomic E-state index is 12.3. The lowest BCUT2D eigenvalue weighted by atomic mass is 10.1. The normalized spacial score (nSPS) is 10.2. The number of aromatic nitrogens is 1. The van der Waals surface area contributed by atoms with Crippen LogP contribution in [-0.4, -0.2) is 4.98 Å². The highest BCUT2D eigenvalue weighted by Gasteiger charge is 2.15. The SMILES string of the molecule is N#Cc1c(CCl)cc(C(F)F)nc1N. The molecule has 0 aliphatic carbocycles. The summed E-state index contributed by atoms with van der Waals surface area (Å²) in [6.45, 7) is 0. The van der Waals surface area contributed by atoms with Gasteiger partial charge in [0.15, 0.2) is 0 Å². The molecule has 0 fully saturated rings. The molecule has 6 heteroatoms. The summed E-state index contributed by atoms with van der Waals surface area (Å²) in [7, 11) is 0. The van der Waals surface area contributed by atoms with E-state index in [1.54, 1.807) is 6.07 Å². The molecule has 1 rings (SSSR count). The fourth-order valence-electron chi connectivity index (χ4n) is 0.989. The standard InChI is InChI=1S/C8H6ClF2N3/c9-2-4-1-6(7(10)11)14-8(13)5(4)3-12/h1,7H,2H2,(H2,13,14). The lowest BCUT2D eigenvalue weighted by molar-refractivity contribution is 0.146. The Morgan fingerprint density at radius 1 is 1.64 bits per heavy atom. The third kappa shape index (κ3) is 1.91. The Morgan fingerprint density at radius 3 is 2.71 bits per heavy atom. The fraction of sp³-hybridized carbons (Fsp3) is 0.250. The van der Waals surface area contributed by atoms with Crippen molar-refractivity contribution in [1.29, 1.82) is 5.26 Å². The summed E-state index contributed by atoms with van der Waals surface area (Å²) in [4.78, 5) is 3.40. The largest absolute Gasteiger partial charge is 0.383 e. The second-order valence-electron chi connectivity index (χ2n) is 2.51. The highest BCUT2D eigenvalue weighted by molar-refractivity contribution is 6.17. The fourth-order valence-corrected chi connectivity index (χ4v) is 1.20. The van der Waals surface area contributed by atoms with E-state index in [4.69, 9.17) is 22.6 Å². The molecule has 0 radical (unpaired) electrons. The molecule has 0 aliphatic rings. The number of nitrogens with zero attached hydrogens (tertiary/aromatic N) is 2. The summed E-state index contributed by atoms with van der Waals surface area (Å²) in [6, 6.07) is 2.85. The third-order valence-electron chi connectivity index (χ3n) is 1.63. The first kappa shape index (κ1) is 10.7. The van der Waals surface area contributed by atoms with Crippen LogP contribution in [0.5, 0.6) is 0 Å². The topological polar surface area (TPSA) is 62.7 Å². The van der Waals surface area contributed by atoms with Crippen LogP contribution in [0.1, 0.15) is 23.2 Å². The van der Waals surface area contributed by atoms with E-state index >= 15 is 0 Å². The van der Waals surface area contributed by atoms with Crippen LogP contribution >= 0.6 is 11.6 Å². The molecular weight excluding hydrogens is 212 g/mol. The molecule has 3 nitrogen and oxygen atoms in total. The molecule has 0 saturated heterocycles. The Kier molecular flexibility index (Phi) is 3.20. The summed E-state index contributed by atoms with van der Waals surface area (Å²) in [5.74, 6) is -0.254. The minimum Gasteiger partial charge on any atom is -0.383 e. The maximum atomic E-state index is 12.3. The maximum Gasteiger partial charge on any atom is 0.280 e. The second kappa shape index (κ2) is 4.20. The zero-order valence-electron chi connectivity index (χ0n) is 6.97. The molecule has 0 unspecified atom stereocenters. The van der Waals surface area contributed by atoms with Crippen LogP contribution < -0.4 is 5.73 Å². The average molecular weight is 218 g/mol. The number of nitriles is 1. The van der Waals surface area contributed by atoms with Crippen molar-refractivity contribution in [3.63, 3.8) is 0 Å². The number of pyridine rings is 1. The molecule has 0 bridgehead atoms.